The minimum atomic E-state index is 0.251. The van der Waals surface area contributed by atoms with Crippen LogP contribution in [0.2, 0.25) is 0 Å². The Bertz CT molecular complexity index is 675. The molecule has 3 saturated heterocycles. The highest BCUT2D eigenvalue weighted by Gasteiger charge is 2.23. The topological polar surface area (TPSA) is 65.5 Å². The lowest BCUT2D eigenvalue weighted by Gasteiger charge is -2.35. The SMILES string of the molecule is CC1CCCCN1c1cc(N2CCCC2)nc(NC(=S)NCC2CCCO2)n1. The van der Waals surface area contributed by atoms with E-state index in [4.69, 9.17) is 26.9 Å². The van der Waals surface area contributed by atoms with Crippen LogP contribution in [0.3, 0.4) is 0 Å². The maximum atomic E-state index is 5.66. The van der Waals surface area contributed by atoms with Crippen LogP contribution in [0.1, 0.15) is 51.9 Å². The van der Waals surface area contributed by atoms with Gasteiger partial charge in [-0.15, -0.1) is 0 Å². The number of nitrogens with one attached hydrogen (secondary N) is 2. The van der Waals surface area contributed by atoms with Crippen molar-refractivity contribution >= 4 is 34.9 Å². The summed E-state index contributed by atoms with van der Waals surface area (Å²) in [7, 11) is 0. The second-order valence-electron chi connectivity index (χ2n) is 8.11. The van der Waals surface area contributed by atoms with E-state index in [1.807, 2.05) is 0 Å². The van der Waals surface area contributed by atoms with E-state index in [2.05, 4.69) is 33.4 Å². The Morgan fingerprint density at radius 3 is 2.64 bits per heavy atom. The number of hydrogen-bond donors (Lipinski definition) is 2. The van der Waals surface area contributed by atoms with E-state index in [1.54, 1.807) is 0 Å². The fourth-order valence-corrected chi connectivity index (χ4v) is 4.50. The van der Waals surface area contributed by atoms with Gasteiger partial charge in [0.15, 0.2) is 5.11 Å². The molecule has 154 valence electrons. The lowest BCUT2D eigenvalue weighted by molar-refractivity contribution is 0.114. The molecular weight excluding hydrogens is 372 g/mol. The Morgan fingerprint density at radius 2 is 1.89 bits per heavy atom. The molecule has 2 unspecified atom stereocenters. The van der Waals surface area contributed by atoms with Crippen molar-refractivity contribution in [3.8, 4) is 0 Å². The number of thiocarbonyl (C=S) groups is 1. The number of ether oxygens (including phenoxy) is 1. The van der Waals surface area contributed by atoms with Gasteiger partial charge in [0.25, 0.3) is 0 Å². The number of piperidine rings is 1. The van der Waals surface area contributed by atoms with E-state index in [-0.39, 0.29) is 6.10 Å². The van der Waals surface area contributed by atoms with Crippen LogP contribution in [0.4, 0.5) is 17.6 Å². The van der Waals surface area contributed by atoms with E-state index in [0.717, 1.165) is 57.3 Å². The van der Waals surface area contributed by atoms with Gasteiger partial charge in [-0.25, -0.2) is 0 Å². The molecule has 0 aromatic carbocycles. The number of hydrogen-bond acceptors (Lipinski definition) is 6. The quantitative estimate of drug-likeness (QED) is 0.727. The summed E-state index contributed by atoms with van der Waals surface area (Å²) in [6, 6.07) is 2.66. The van der Waals surface area contributed by atoms with Gasteiger partial charge in [-0.3, -0.25) is 0 Å². The smallest absolute Gasteiger partial charge is 0.232 e. The number of nitrogens with zero attached hydrogens (tertiary/aromatic N) is 4. The van der Waals surface area contributed by atoms with Crippen LogP contribution in [0.15, 0.2) is 6.07 Å². The van der Waals surface area contributed by atoms with Gasteiger partial charge in [-0.05, 0) is 64.1 Å². The first-order chi connectivity index (χ1) is 13.7. The molecule has 0 amide bonds. The van der Waals surface area contributed by atoms with Crippen molar-refractivity contribution < 1.29 is 4.74 Å². The van der Waals surface area contributed by atoms with Crippen LogP contribution in [-0.4, -0.2) is 60.0 Å². The predicted molar refractivity (Wildman–Crippen MR) is 117 cm³/mol. The summed E-state index contributed by atoms with van der Waals surface area (Å²) in [5, 5.41) is 7.03. The summed E-state index contributed by atoms with van der Waals surface area (Å²) >= 11 is 5.49. The van der Waals surface area contributed by atoms with Crippen LogP contribution >= 0.6 is 12.2 Å². The van der Waals surface area contributed by atoms with Gasteiger partial charge in [0.1, 0.15) is 11.6 Å². The van der Waals surface area contributed by atoms with Crippen molar-refractivity contribution in [2.45, 2.75) is 64.0 Å². The summed E-state index contributed by atoms with van der Waals surface area (Å²) in [6.07, 6.45) is 8.65. The van der Waals surface area contributed by atoms with E-state index in [9.17, 15) is 0 Å². The lowest BCUT2D eigenvalue weighted by Crippen LogP contribution is -2.39. The maximum absolute atomic E-state index is 5.66. The number of anilines is 3. The van der Waals surface area contributed by atoms with Gasteiger partial charge in [0.05, 0.1) is 6.10 Å². The summed E-state index contributed by atoms with van der Waals surface area (Å²) in [4.78, 5) is 14.4. The molecule has 3 aliphatic heterocycles. The molecule has 3 aliphatic rings. The molecule has 0 spiro atoms. The largest absolute Gasteiger partial charge is 0.376 e. The van der Waals surface area contributed by atoms with Crippen molar-refractivity contribution in [2.75, 3.05) is 47.9 Å². The summed E-state index contributed by atoms with van der Waals surface area (Å²) in [5.74, 6) is 2.60. The molecular formula is C20H32N6OS. The molecule has 1 aromatic rings. The van der Waals surface area contributed by atoms with E-state index >= 15 is 0 Å². The summed E-state index contributed by atoms with van der Waals surface area (Å²) < 4.78 is 5.66. The first-order valence-corrected chi connectivity index (χ1v) is 11.2. The van der Waals surface area contributed by atoms with Gasteiger partial charge in [0, 0.05) is 44.9 Å². The van der Waals surface area contributed by atoms with Crippen LogP contribution in [-0.2, 0) is 4.74 Å². The number of aromatic nitrogens is 2. The van der Waals surface area contributed by atoms with Gasteiger partial charge in [0.2, 0.25) is 5.95 Å². The fraction of sp³-hybridized carbons (Fsp3) is 0.750. The van der Waals surface area contributed by atoms with E-state index in [1.165, 1.54) is 32.1 Å². The first-order valence-electron chi connectivity index (χ1n) is 10.8. The molecule has 0 radical (unpaired) electrons. The van der Waals surface area contributed by atoms with Gasteiger partial charge in [-0.2, -0.15) is 9.97 Å². The first kappa shape index (κ1) is 19.6. The Morgan fingerprint density at radius 1 is 1.11 bits per heavy atom. The minimum Gasteiger partial charge on any atom is -0.376 e. The molecule has 7 nitrogen and oxygen atoms in total. The molecule has 2 N–H and O–H groups in total. The second-order valence-corrected chi connectivity index (χ2v) is 8.52. The van der Waals surface area contributed by atoms with Crippen LogP contribution in [0.5, 0.6) is 0 Å². The van der Waals surface area contributed by atoms with Crippen LogP contribution in [0.25, 0.3) is 0 Å². The van der Waals surface area contributed by atoms with Gasteiger partial charge >= 0.3 is 0 Å². The molecule has 3 fully saturated rings. The standard InChI is InChI=1S/C20H32N6OS/c1-15-7-2-3-11-26(15)18-13-17(25-9-4-5-10-25)22-19(23-18)24-20(28)21-14-16-8-6-12-27-16/h13,15-16H,2-12,14H2,1H3,(H2,21,22,23,24,28). The molecule has 0 aliphatic carbocycles. The molecule has 1 aromatic heterocycles. The Kier molecular flexibility index (Phi) is 6.47. The summed E-state index contributed by atoms with van der Waals surface area (Å²) in [5.41, 5.74) is 0. The second kappa shape index (κ2) is 9.22. The van der Waals surface area contributed by atoms with Crippen LogP contribution < -0.4 is 20.4 Å². The zero-order chi connectivity index (χ0) is 19.3. The molecule has 2 atom stereocenters. The zero-order valence-corrected chi connectivity index (χ0v) is 17.6. The van der Waals surface area contributed by atoms with Crippen molar-refractivity contribution in [1.29, 1.82) is 0 Å². The Balaban J connectivity index is 1.48. The molecule has 0 bridgehead atoms. The fourth-order valence-electron chi connectivity index (χ4n) is 4.33. The molecule has 4 heterocycles. The Hall–Kier alpha value is -1.67. The average molecular weight is 405 g/mol. The maximum Gasteiger partial charge on any atom is 0.232 e. The molecule has 0 saturated carbocycles. The van der Waals surface area contributed by atoms with Crippen molar-refractivity contribution in [2.24, 2.45) is 0 Å². The average Bonchev–Trinajstić information content (AvgIpc) is 3.40. The van der Waals surface area contributed by atoms with Crippen molar-refractivity contribution in [3.63, 3.8) is 0 Å². The zero-order valence-electron chi connectivity index (χ0n) is 16.8. The summed E-state index contributed by atoms with van der Waals surface area (Å²) in [6.45, 7) is 7.05. The van der Waals surface area contributed by atoms with Crippen molar-refractivity contribution in [1.82, 2.24) is 15.3 Å². The van der Waals surface area contributed by atoms with E-state index < -0.39 is 0 Å². The molecule has 4 rings (SSSR count). The van der Waals surface area contributed by atoms with Gasteiger partial charge < -0.3 is 25.2 Å². The third kappa shape index (κ3) is 4.84. The highest BCUT2D eigenvalue weighted by Crippen LogP contribution is 2.28. The minimum absolute atomic E-state index is 0.251. The third-order valence-electron chi connectivity index (χ3n) is 5.97. The van der Waals surface area contributed by atoms with Gasteiger partial charge in [-0.1, -0.05) is 0 Å². The van der Waals surface area contributed by atoms with E-state index in [0.29, 0.717) is 17.1 Å². The number of rotatable bonds is 5. The normalized spacial score (nSPS) is 25.2. The third-order valence-corrected chi connectivity index (χ3v) is 6.21. The lowest BCUT2D eigenvalue weighted by atomic mass is 10.0. The van der Waals surface area contributed by atoms with Crippen LogP contribution in [0, 0.1) is 0 Å². The molecule has 28 heavy (non-hydrogen) atoms. The highest BCUT2D eigenvalue weighted by molar-refractivity contribution is 7.80. The predicted octanol–water partition coefficient (Wildman–Crippen LogP) is 2.92. The molecule has 8 heteroatoms. The Labute approximate surface area is 173 Å². The van der Waals surface area contributed by atoms with Crippen molar-refractivity contribution in [3.05, 3.63) is 6.07 Å². The highest BCUT2D eigenvalue weighted by atomic mass is 32.1. The monoisotopic (exact) mass is 404 g/mol.